The van der Waals surface area contributed by atoms with Gasteiger partial charge in [0.2, 0.25) is 0 Å². The van der Waals surface area contributed by atoms with Gasteiger partial charge in [-0.2, -0.15) is 13.2 Å². The maximum atomic E-state index is 12.8. The number of amides is 1. The van der Waals surface area contributed by atoms with Crippen LogP contribution in [0.2, 0.25) is 0 Å². The van der Waals surface area contributed by atoms with Gasteiger partial charge in [0.05, 0.1) is 18.8 Å². The number of hydrogen-bond donors (Lipinski definition) is 0. The lowest BCUT2D eigenvalue weighted by Crippen LogP contribution is -2.55. The number of alkyl halides is 3. The monoisotopic (exact) mass is 344 g/mol. The van der Waals surface area contributed by atoms with Gasteiger partial charge in [-0.25, -0.2) is 4.98 Å². The molecule has 2 heterocycles. The fraction of sp³-hybridized carbons (Fsp3) is 0.625. The molecule has 0 aromatic carbocycles. The normalized spacial score (nSPS) is 24.4. The number of fused-ring (bicyclic) bond motifs is 1. The van der Waals surface area contributed by atoms with Crippen molar-refractivity contribution in [2.45, 2.75) is 44.0 Å². The molecule has 1 saturated carbocycles. The van der Waals surface area contributed by atoms with Gasteiger partial charge < -0.3 is 14.4 Å². The van der Waals surface area contributed by atoms with E-state index in [1.54, 1.807) is 4.90 Å². The Hall–Kier alpha value is -1.83. The lowest BCUT2D eigenvalue weighted by atomic mass is 9.90. The average Bonchev–Trinajstić information content (AvgIpc) is 2.58. The first-order chi connectivity index (χ1) is 11.5. The molecule has 0 bridgehead atoms. The van der Waals surface area contributed by atoms with Crippen LogP contribution in [0.5, 0.6) is 5.75 Å². The number of carbonyl (C=O) groups is 1. The van der Waals surface area contributed by atoms with Gasteiger partial charge >= 0.3 is 6.18 Å². The Morgan fingerprint density at radius 1 is 1.38 bits per heavy atom. The lowest BCUT2D eigenvalue weighted by molar-refractivity contribution is -0.153. The molecule has 1 saturated heterocycles. The minimum Gasteiger partial charge on any atom is -0.482 e. The molecule has 3 rings (SSSR count). The zero-order valence-electron chi connectivity index (χ0n) is 13.1. The highest BCUT2D eigenvalue weighted by molar-refractivity contribution is 5.95. The molecule has 0 N–H and O–H groups in total. The molecule has 2 fully saturated rings. The van der Waals surface area contributed by atoms with Crippen molar-refractivity contribution in [3.05, 3.63) is 24.0 Å². The molecule has 1 aromatic rings. The van der Waals surface area contributed by atoms with Crippen molar-refractivity contribution in [3.8, 4) is 5.75 Å². The van der Waals surface area contributed by atoms with Crippen LogP contribution < -0.4 is 4.74 Å². The molecule has 1 amide bonds. The smallest absolute Gasteiger partial charge is 0.422 e. The Bertz CT molecular complexity index is 592. The zero-order valence-corrected chi connectivity index (χ0v) is 13.1. The van der Waals surface area contributed by atoms with Crippen LogP contribution in [0.4, 0.5) is 13.2 Å². The van der Waals surface area contributed by atoms with Gasteiger partial charge in [-0.3, -0.25) is 4.79 Å². The van der Waals surface area contributed by atoms with Gasteiger partial charge in [0.15, 0.2) is 18.1 Å². The number of ether oxygens (including phenoxy) is 2. The van der Waals surface area contributed by atoms with Crippen molar-refractivity contribution >= 4 is 5.91 Å². The highest BCUT2D eigenvalue weighted by Crippen LogP contribution is 2.30. The van der Waals surface area contributed by atoms with Crippen LogP contribution in [-0.2, 0) is 4.74 Å². The minimum atomic E-state index is -4.47. The maximum absolute atomic E-state index is 12.8. The van der Waals surface area contributed by atoms with Gasteiger partial charge in [0, 0.05) is 12.7 Å². The van der Waals surface area contributed by atoms with Crippen molar-refractivity contribution in [2.75, 3.05) is 19.8 Å². The summed E-state index contributed by atoms with van der Waals surface area (Å²) in [6.45, 7) is -0.609. The minimum absolute atomic E-state index is 0.000272. The Kier molecular flexibility index (Phi) is 4.93. The second-order valence-corrected chi connectivity index (χ2v) is 6.01. The van der Waals surface area contributed by atoms with Gasteiger partial charge in [-0.05, 0) is 25.0 Å². The van der Waals surface area contributed by atoms with E-state index in [1.807, 2.05) is 0 Å². The van der Waals surface area contributed by atoms with Crippen LogP contribution >= 0.6 is 0 Å². The number of aromatic nitrogens is 1. The van der Waals surface area contributed by atoms with E-state index in [0.29, 0.717) is 13.2 Å². The van der Waals surface area contributed by atoms with E-state index in [9.17, 15) is 18.0 Å². The summed E-state index contributed by atoms with van der Waals surface area (Å²) in [6.07, 6.45) is 0.715. The van der Waals surface area contributed by atoms with E-state index in [2.05, 4.69) is 4.98 Å². The summed E-state index contributed by atoms with van der Waals surface area (Å²) in [5, 5.41) is 0. The number of pyridine rings is 1. The number of halogens is 3. The molecule has 2 aliphatic rings. The molecule has 1 aliphatic carbocycles. The van der Waals surface area contributed by atoms with Gasteiger partial charge in [-0.1, -0.05) is 12.8 Å². The molecule has 1 aromatic heterocycles. The first-order valence-electron chi connectivity index (χ1n) is 8.03. The number of morpholine rings is 1. The summed E-state index contributed by atoms with van der Waals surface area (Å²) < 4.78 is 47.7. The lowest BCUT2D eigenvalue weighted by Gasteiger charge is -2.43. The fourth-order valence-electron chi connectivity index (χ4n) is 3.31. The molecule has 0 radical (unpaired) electrons. The van der Waals surface area contributed by atoms with Crippen molar-refractivity contribution < 1.29 is 27.4 Å². The van der Waals surface area contributed by atoms with Crippen molar-refractivity contribution in [1.29, 1.82) is 0 Å². The Labute approximate surface area is 137 Å². The molecule has 2 atom stereocenters. The molecular formula is C16H19F3N2O3. The predicted octanol–water partition coefficient (Wildman–Crippen LogP) is 2.81. The molecule has 132 valence electrons. The van der Waals surface area contributed by atoms with Crippen molar-refractivity contribution in [2.24, 2.45) is 0 Å². The third-order valence-corrected chi connectivity index (χ3v) is 4.36. The zero-order chi connectivity index (χ0) is 17.2. The van der Waals surface area contributed by atoms with Gasteiger partial charge in [0.1, 0.15) is 0 Å². The third kappa shape index (κ3) is 3.80. The van der Waals surface area contributed by atoms with Gasteiger partial charge in [0.25, 0.3) is 5.91 Å². The average molecular weight is 344 g/mol. The first kappa shape index (κ1) is 17.0. The SMILES string of the molecule is O=C(c1ncccc1OCC(F)(F)F)N1CCO[C@H]2CCCC[C@H]21. The summed E-state index contributed by atoms with van der Waals surface area (Å²) in [5.41, 5.74) is -0.0760. The number of carbonyl (C=O) groups excluding carboxylic acids is 1. The van der Waals surface area contributed by atoms with Crippen LogP contribution in [0.25, 0.3) is 0 Å². The molecule has 0 unspecified atom stereocenters. The molecule has 8 heteroatoms. The summed E-state index contributed by atoms with van der Waals surface area (Å²) in [7, 11) is 0. The number of rotatable bonds is 3. The van der Waals surface area contributed by atoms with E-state index in [4.69, 9.17) is 9.47 Å². The first-order valence-corrected chi connectivity index (χ1v) is 8.03. The molecule has 1 aliphatic heterocycles. The standard InChI is InChI=1S/C16H19F3N2O3/c17-16(18,19)10-24-13-6-3-7-20-14(13)15(22)21-8-9-23-12-5-2-1-4-11(12)21/h3,6-7,11-12H,1-2,4-5,8-10H2/t11-,12+/m1/s1. The van der Waals surface area contributed by atoms with Gasteiger partial charge in [-0.15, -0.1) is 0 Å². The van der Waals surface area contributed by atoms with Crippen LogP contribution in [-0.4, -0.2) is 53.9 Å². The van der Waals surface area contributed by atoms with Crippen LogP contribution in [0.15, 0.2) is 18.3 Å². The summed E-state index contributed by atoms with van der Waals surface area (Å²) in [6, 6.07) is 2.74. The van der Waals surface area contributed by atoms with Crippen LogP contribution in [0.3, 0.4) is 0 Å². The third-order valence-electron chi connectivity index (χ3n) is 4.36. The highest BCUT2D eigenvalue weighted by atomic mass is 19.4. The number of hydrogen-bond acceptors (Lipinski definition) is 4. The molecule has 24 heavy (non-hydrogen) atoms. The van der Waals surface area contributed by atoms with E-state index >= 15 is 0 Å². The molecule has 0 spiro atoms. The van der Waals surface area contributed by atoms with E-state index in [-0.39, 0.29) is 23.6 Å². The molecular weight excluding hydrogens is 325 g/mol. The Balaban J connectivity index is 1.79. The fourth-order valence-corrected chi connectivity index (χ4v) is 3.31. The maximum Gasteiger partial charge on any atom is 0.422 e. The predicted molar refractivity (Wildman–Crippen MR) is 78.8 cm³/mol. The summed E-state index contributed by atoms with van der Waals surface area (Å²) >= 11 is 0. The van der Waals surface area contributed by atoms with Crippen LogP contribution in [0.1, 0.15) is 36.2 Å². The van der Waals surface area contributed by atoms with E-state index in [1.165, 1.54) is 18.3 Å². The topological polar surface area (TPSA) is 51.7 Å². The largest absolute Gasteiger partial charge is 0.482 e. The summed E-state index contributed by atoms with van der Waals surface area (Å²) in [5.74, 6) is -0.536. The Morgan fingerprint density at radius 3 is 2.96 bits per heavy atom. The summed E-state index contributed by atoms with van der Waals surface area (Å²) in [4.78, 5) is 18.5. The van der Waals surface area contributed by atoms with Crippen molar-refractivity contribution in [1.82, 2.24) is 9.88 Å². The van der Waals surface area contributed by atoms with Crippen LogP contribution in [0, 0.1) is 0 Å². The second kappa shape index (κ2) is 6.96. The number of nitrogens with zero attached hydrogens (tertiary/aromatic N) is 2. The molecule has 5 nitrogen and oxygen atoms in total. The van der Waals surface area contributed by atoms with E-state index < -0.39 is 18.7 Å². The van der Waals surface area contributed by atoms with E-state index in [0.717, 1.165) is 25.7 Å². The quantitative estimate of drug-likeness (QED) is 0.846. The van der Waals surface area contributed by atoms with Crippen molar-refractivity contribution in [3.63, 3.8) is 0 Å². The second-order valence-electron chi connectivity index (χ2n) is 6.01. The Morgan fingerprint density at radius 2 is 2.17 bits per heavy atom. The highest BCUT2D eigenvalue weighted by Gasteiger charge is 2.38.